The van der Waals surface area contributed by atoms with Gasteiger partial charge in [0.25, 0.3) is 0 Å². The SMILES string of the molecule is Cc1cc(Nc2nc(Cl)nc3cc(NC4CCCC4)ccc23)n[nH]1. The molecule has 1 aliphatic rings. The van der Waals surface area contributed by atoms with Crippen molar-refractivity contribution in [1.82, 2.24) is 20.2 Å². The number of anilines is 3. The number of H-pyrrole nitrogens is 1. The van der Waals surface area contributed by atoms with Gasteiger partial charge >= 0.3 is 0 Å². The van der Waals surface area contributed by atoms with Crippen LogP contribution in [0, 0.1) is 6.92 Å². The van der Waals surface area contributed by atoms with E-state index >= 15 is 0 Å². The summed E-state index contributed by atoms with van der Waals surface area (Å²) >= 11 is 6.11. The molecule has 0 unspecified atom stereocenters. The zero-order chi connectivity index (χ0) is 16.5. The number of halogens is 1. The molecule has 6 nitrogen and oxygen atoms in total. The third-order valence-corrected chi connectivity index (χ3v) is 4.52. The standard InChI is InChI=1S/C17H19ClN6/c1-10-8-15(24-23-10)21-16-13-7-6-12(19-11-4-2-3-5-11)9-14(13)20-17(18)22-16/h6-9,11,19H,2-5H2,1H3,(H2,20,21,22,23,24). The van der Waals surface area contributed by atoms with Crippen LogP contribution in [0.15, 0.2) is 24.3 Å². The Morgan fingerprint density at radius 3 is 2.75 bits per heavy atom. The number of benzene rings is 1. The minimum atomic E-state index is 0.218. The molecule has 0 saturated heterocycles. The van der Waals surface area contributed by atoms with Crippen molar-refractivity contribution in [2.75, 3.05) is 10.6 Å². The molecule has 0 atom stereocenters. The van der Waals surface area contributed by atoms with Gasteiger partial charge in [-0.3, -0.25) is 5.10 Å². The summed E-state index contributed by atoms with van der Waals surface area (Å²) in [6, 6.07) is 8.59. The van der Waals surface area contributed by atoms with E-state index in [1.54, 1.807) is 0 Å². The van der Waals surface area contributed by atoms with Crippen LogP contribution in [-0.2, 0) is 0 Å². The quantitative estimate of drug-likeness (QED) is 0.612. The van der Waals surface area contributed by atoms with Crippen molar-refractivity contribution in [1.29, 1.82) is 0 Å². The number of rotatable bonds is 4. The molecule has 2 aromatic heterocycles. The molecule has 0 radical (unpaired) electrons. The number of aromatic nitrogens is 4. The molecule has 1 saturated carbocycles. The monoisotopic (exact) mass is 342 g/mol. The number of nitrogens with zero attached hydrogens (tertiary/aromatic N) is 3. The predicted octanol–water partition coefficient (Wildman–Crippen LogP) is 4.41. The highest BCUT2D eigenvalue weighted by Crippen LogP contribution is 2.29. The summed E-state index contributed by atoms with van der Waals surface area (Å²) in [5.41, 5.74) is 2.86. The van der Waals surface area contributed by atoms with Crippen LogP contribution in [0.5, 0.6) is 0 Å². The Balaban J connectivity index is 1.66. The Labute approximate surface area is 145 Å². The smallest absolute Gasteiger partial charge is 0.224 e. The zero-order valence-electron chi connectivity index (χ0n) is 13.4. The Kier molecular flexibility index (Phi) is 3.98. The van der Waals surface area contributed by atoms with Gasteiger partial charge in [-0.2, -0.15) is 10.1 Å². The molecule has 124 valence electrons. The molecule has 0 amide bonds. The van der Waals surface area contributed by atoms with Crippen LogP contribution in [0.4, 0.5) is 17.3 Å². The van der Waals surface area contributed by atoms with Crippen molar-refractivity contribution in [3.05, 3.63) is 35.2 Å². The van der Waals surface area contributed by atoms with E-state index in [0.29, 0.717) is 17.7 Å². The molecular weight excluding hydrogens is 324 g/mol. The number of nitrogens with one attached hydrogen (secondary N) is 3. The second kappa shape index (κ2) is 6.28. The van der Waals surface area contributed by atoms with E-state index in [-0.39, 0.29) is 5.28 Å². The van der Waals surface area contributed by atoms with Gasteiger partial charge in [-0.1, -0.05) is 12.8 Å². The van der Waals surface area contributed by atoms with Gasteiger partial charge in [-0.05, 0) is 49.6 Å². The lowest BCUT2D eigenvalue weighted by atomic mass is 10.2. The molecule has 2 heterocycles. The summed E-state index contributed by atoms with van der Waals surface area (Å²) in [5, 5.41) is 15.0. The van der Waals surface area contributed by atoms with Crippen LogP contribution in [-0.4, -0.2) is 26.2 Å². The molecule has 3 N–H and O–H groups in total. The number of aromatic amines is 1. The molecule has 0 bridgehead atoms. The van der Waals surface area contributed by atoms with Crippen LogP contribution >= 0.6 is 11.6 Å². The molecule has 1 fully saturated rings. The fraction of sp³-hybridized carbons (Fsp3) is 0.353. The first-order chi connectivity index (χ1) is 11.7. The normalized spacial score (nSPS) is 15.1. The van der Waals surface area contributed by atoms with Gasteiger partial charge in [-0.25, -0.2) is 4.98 Å². The summed E-state index contributed by atoms with van der Waals surface area (Å²) < 4.78 is 0. The fourth-order valence-corrected chi connectivity index (χ4v) is 3.37. The first kappa shape index (κ1) is 15.2. The van der Waals surface area contributed by atoms with Crippen molar-refractivity contribution in [2.24, 2.45) is 0 Å². The topological polar surface area (TPSA) is 78.5 Å². The van der Waals surface area contributed by atoms with Crippen molar-refractivity contribution in [3.63, 3.8) is 0 Å². The third kappa shape index (κ3) is 3.14. The number of aryl methyl sites for hydroxylation is 1. The van der Waals surface area contributed by atoms with Crippen LogP contribution in [0.3, 0.4) is 0 Å². The van der Waals surface area contributed by atoms with E-state index in [1.807, 2.05) is 25.1 Å². The first-order valence-electron chi connectivity index (χ1n) is 8.20. The third-order valence-electron chi connectivity index (χ3n) is 4.35. The largest absolute Gasteiger partial charge is 0.382 e. The highest BCUT2D eigenvalue weighted by Gasteiger charge is 2.15. The second-order valence-corrected chi connectivity index (χ2v) is 6.60. The van der Waals surface area contributed by atoms with Crippen molar-refractivity contribution in [2.45, 2.75) is 38.6 Å². The molecule has 4 rings (SSSR count). The molecule has 1 aliphatic carbocycles. The Morgan fingerprint density at radius 1 is 1.17 bits per heavy atom. The van der Waals surface area contributed by atoms with Crippen LogP contribution in [0.25, 0.3) is 10.9 Å². The average molecular weight is 343 g/mol. The maximum absolute atomic E-state index is 6.11. The van der Waals surface area contributed by atoms with Crippen molar-refractivity contribution >= 4 is 39.8 Å². The minimum Gasteiger partial charge on any atom is -0.382 e. The maximum atomic E-state index is 6.11. The number of hydrogen-bond acceptors (Lipinski definition) is 5. The zero-order valence-corrected chi connectivity index (χ0v) is 14.2. The summed E-state index contributed by atoms with van der Waals surface area (Å²) in [6.45, 7) is 1.95. The summed E-state index contributed by atoms with van der Waals surface area (Å²) in [6.07, 6.45) is 5.06. The van der Waals surface area contributed by atoms with Gasteiger partial charge in [0, 0.05) is 28.9 Å². The van der Waals surface area contributed by atoms with Crippen LogP contribution in [0.1, 0.15) is 31.4 Å². The minimum absolute atomic E-state index is 0.218. The lowest BCUT2D eigenvalue weighted by Gasteiger charge is -2.14. The van der Waals surface area contributed by atoms with Gasteiger partial charge in [-0.15, -0.1) is 0 Å². The molecule has 7 heteroatoms. The lowest BCUT2D eigenvalue weighted by Crippen LogP contribution is -2.14. The predicted molar refractivity (Wildman–Crippen MR) is 97.0 cm³/mol. The summed E-state index contributed by atoms with van der Waals surface area (Å²) in [4.78, 5) is 8.67. The van der Waals surface area contributed by atoms with E-state index in [4.69, 9.17) is 11.6 Å². The molecule has 3 aromatic rings. The fourth-order valence-electron chi connectivity index (χ4n) is 3.20. The van der Waals surface area contributed by atoms with E-state index in [9.17, 15) is 0 Å². The van der Waals surface area contributed by atoms with Gasteiger partial charge in [0.05, 0.1) is 5.52 Å². The number of hydrogen-bond donors (Lipinski definition) is 3. The maximum Gasteiger partial charge on any atom is 0.224 e. The van der Waals surface area contributed by atoms with Crippen LogP contribution < -0.4 is 10.6 Å². The van der Waals surface area contributed by atoms with Gasteiger partial charge in [0.1, 0.15) is 5.82 Å². The van der Waals surface area contributed by atoms with E-state index in [1.165, 1.54) is 25.7 Å². The highest BCUT2D eigenvalue weighted by atomic mass is 35.5. The lowest BCUT2D eigenvalue weighted by molar-refractivity contribution is 0.756. The van der Waals surface area contributed by atoms with E-state index < -0.39 is 0 Å². The van der Waals surface area contributed by atoms with Gasteiger partial charge in [0.2, 0.25) is 5.28 Å². The van der Waals surface area contributed by atoms with E-state index in [0.717, 1.165) is 22.3 Å². The van der Waals surface area contributed by atoms with Gasteiger partial charge in [0.15, 0.2) is 5.82 Å². The second-order valence-electron chi connectivity index (χ2n) is 6.26. The summed E-state index contributed by atoms with van der Waals surface area (Å²) in [5.74, 6) is 1.36. The Bertz CT molecular complexity index is 869. The van der Waals surface area contributed by atoms with Crippen molar-refractivity contribution in [3.8, 4) is 0 Å². The Hall–Kier alpha value is -2.34. The van der Waals surface area contributed by atoms with Crippen molar-refractivity contribution < 1.29 is 0 Å². The molecule has 0 aliphatic heterocycles. The van der Waals surface area contributed by atoms with Crippen LogP contribution in [0.2, 0.25) is 5.28 Å². The Morgan fingerprint density at radius 2 is 2.00 bits per heavy atom. The first-order valence-corrected chi connectivity index (χ1v) is 8.58. The molecule has 0 spiro atoms. The molecule has 24 heavy (non-hydrogen) atoms. The van der Waals surface area contributed by atoms with Gasteiger partial charge < -0.3 is 10.6 Å². The highest BCUT2D eigenvalue weighted by molar-refractivity contribution is 6.28. The molecule has 1 aromatic carbocycles. The van der Waals surface area contributed by atoms with E-state index in [2.05, 4.69) is 36.9 Å². The summed E-state index contributed by atoms with van der Waals surface area (Å²) in [7, 11) is 0. The number of fused-ring (bicyclic) bond motifs is 1. The average Bonchev–Trinajstić information content (AvgIpc) is 3.19. The molecular formula is C17H19ClN6.